The lowest BCUT2D eigenvalue weighted by Crippen LogP contribution is -2.36. The molecule has 1 aromatic rings. The van der Waals surface area contributed by atoms with Gasteiger partial charge in [-0.3, -0.25) is 4.79 Å². The molecule has 2 heterocycles. The average Bonchev–Trinajstić information content (AvgIpc) is 2.79. The second-order valence-electron chi connectivity index (χ2n) is 5.24. The summed E-state index contributed by atoms with van der Waals surface area (Å²) < 4.78 is 8.52. The van der Waals surface area contributed by atoms with Crippen molar-refractivity contribution in [3.05, 3.63) is 22.4 Å². The van der Waals surface area contributed by atoms with Gasteiger partial charge in [0.25, 0.3) is 5.91 Å². The zero-order chi connectivity index (χ0) is 13.8. The number of carbonyl (C=O) groups is 1. The molecule has 1 saturated heterocycles. The van der Waals surface area contributed by atoms with E-state index in [-0.39, 0.29) is 18.1 Å². The Kier molecular flexibility index (Phi) is 5.05. The number of halogens is 1. The number of carbonyl (C=O) groups excluding carboxylic acids is 1. The van der Waals surface area contributed by atoms with Gasteiger partial charge in [-0.05, 0) is 55.1 Å². The monoisotopic (exact) mass is 328 g/mol. The fraction of sp³-hybridized carbons (Fsp3) is 0.643. The van der Waals surface area contributed by atoms with Crippen LogP contribution in [0.4, 0.5) is 0 Å². The van der Waals surface area contributed by atoms with E-state index < -0.39 is 0 Å². The summed E-state index contributed by atoms with van der Waals surface area (Å²) in [5.74, 6) is -0.0337. The molecule has 0 saturated carbocycles. The van der Waals surface area contributed by atoms with Gasteiger partial charge in [-0.2, -0.15) is 0 Å². The molecule has 1 aromatic heterocycles. The predicted molar refractivity (Wildman–Crippen MR) is 78.4 cm³/mol. The highest BCUT2D eigenvalue weighted by molar-refractivity contribution is 9.10. The van der Waals surface area contributed by atoms with E-state index in [2.05, 4.69) is 35.1 Å². The van der Waals surface area contributed by atoms with Crippen molar-refractivity contribution < 1.29 is 9.53 Å². The third kappa shape index (κ3) is 3.83. The SMILES string of the molecule is CC(C)n1cc(Br)cc1C(=O)NCC1CCCCO1. The molecule has 4 nitrogen and oxygen atoms in total. The molecule has 1 N–H and O–H groups in total. The number of rotatable bonds is 4. The number of nitrogens with zero attached hydrogens (tertiary/aromatic N) is 1. The fourth-order valence-corrected chi connectivity index (χ4v) is 2.76. The number of hydrogen-bond acceptors (Lipinski definition) is 2. The fourth-order valence-electron chi connectivity index (χ4n) is 2.32. The molecule has 1 aliphatic rings. The van der Waals surface area contributed by atoms with E-state index >= 15 is 0 Å². The Morgan fingerprint density at radius 2 is 2.37 bits per heavy atom. The zero-order valence-electron chi connectivity index (χ0n) is 11.5. The molecule has 1 atom stereocenters. The van der Waals surface area contributed by atoms with Crippen LogP contribution in [-0.2, 0) is 4.74 Å². The largest absolute Gasteiger partial charge is 0.376 e. The van der Waals surface area contributed by atoms with Crippen molar-refractivity contribution in [3.63, 3.8) is 0 Å². The topological polar surface area (TPSA) is 43.3 Å². The van der Waals surface area contributed by atoms with E-state index in [4.69, 9.17) is 4.74 Å². The van der Waals surface area contributed by atoms with Crippen LogP contribution in [0.25, 0.3) is 0 Å². The van der Waals surface area contributed by atoms with Crippen molar-refractivity contribution in [2.45, 2.75) is 45.3 Å². The van der Waals surface area contributed by atoms with Gasteiger partial charge in [0, 0.05) is 29.9 Å². The van der Waals surface area contributed by atoms with Crippen LogP contribution >= 0.6 is 15.9 Å². The molecule has 2 rings (SSSR count). The molecule has 0 spiro atoms. The second-order valence-corrected chi connectivity index (χ2v) is 6.16. The highest BCUT2D eigenvalue weighted by atomic mass is 79.9. The van der Waals surface area contributed by atoms with Crippen LogP contribution in [0.2, 0.25) is 0 Å². The highest BCUT2D eigenvalue weighted by Crippen LogP contribution is 2.19. The number of ether oxygens (including phenoxy) is 1. The van der Waals surface area contributed by atoms with Gasteiger partial charge < -0.3 is 14.6 Å². The first-order chi connectivity index (χ1) is 9.08. The maximum absolute atomic E-state index is 12.2. The van der Waals surface area contributed by atoms with Crippen LogP contribution in [0, 0.1) is 0 Å². The lowest BCUT2D eigenvalue weighted by molar-refractivity contribution is 0.0168. The smallest absolute Gasteiger partial charge is 0.268 e. The van der Waals surface area contributed by atoms with Crippen molar-refractivity contribution in [3.8, 4) is 0 Å². The van der Waals surface area contributed by atoms with Crippen molar-refractivity contribution in [1.29, 1.82) is 0 Å². The van der Waals surface area contributed by atoms with Gasteiger partial charge >= 0.3 is 0 Å². The summed E-state index contributed by atoms with van der Waals surface area (Å²) in [7, 11) is 0. The molecule has 5 heteroatoms. The van der Waals surface area contributed by atoms with Gasteiger partial charge in [0.15, 0.2) is 0 Å². The van der Waals surface area contributed by atoms with Crippen molar-refractivity contribution in [1.82, 2.24) is 9.88 Å². The lowest BCUT2D eigenvalue weighted by Gasteiger charge is -2.23. The number of aromatic nitrogens is 1. The lowest BCUT2D eigenvalue weighted by atomic mass is 10.1. The first-order valence-corrected chi connectivity index (χ1v) is 7.64. The molecule has 1 amide bonds. The summed E-state index contributed by atoms with van der Waals surface area (Å²) in [4.78, 5) is 12.2. The van der Waals surface area contributed by atoms with E-state index in [1.807, 2.05) is 16.8 Å². The van der Waals surface area contributed by atoms with Gasteiger partial charge in [0.05, 0.1) is 6.10 Å². The summed E-state index contributed by atoms with van der Waals surface area (Å²) in [5.41, 5.74) is 0.692. The first-order valence-electron chi connectivity index (χ1n) is 6.85. The van der Waals surface area contributed by atoms with E-state index in [1.54, 1.807) is 0 Å². The van der Waals surface area contributed by atoms with Gasteiger partial charge in [0.2, 0.25) is 0 Å². The van der Waals surface area contributed by atoms with Crippen LogP contribution in [0.1, 0.15) is 49.6 Å². The molecule has 0 aliphatic carbocycles. The number of hydrogen-bond donors (Lipinski definition) is 1. The number of nitrogens with one attached hydrogen (secondary N) is 1. The minimum absolute atomic E-state index is 0.0337. The molecule has 0 radical (unpaired) electrons. The molecule has 1 fully saturated rings. The van der Waals surface area contributed by atoms with Crippen LogP contribution < -0.4 is 5.32 Å². The maximum atomic E-state index is 12.2. The molecular weight excluding hydrogens is 308 g/mol. The number of amides is 1. The molecule has 1 aliphatic heterocycles. The molecule has 0 aromatic carbocycles. The van der Waals surface area contributed by atoms with Crippen LogP contribution in [-0.4, -0.2) is 29.7 Å². The van der Waals surface area contributed by atoms with Gasteiger partial charge in [-0.1, -0.05) is 0 Å². The summed E-state index contributed by atoms with van der Waals surface area (Å²) in [6.07, 6.45) is 5.47. The molecule has 19 heavy (non-hydrogen) atoms. The predicted octanol–water partition coefficient (Wildman–Crippen LogP) is 3.13. The maximum Gasteiger partial charge on any atom is 0.268 e. The summed E-state index contributed by atoms with van der Waals surface area (Å²) in [6.45, 7) is 5.54. The quantitative estimate of drug-likeness (QED) is 0.922. The highest BCUT2D eigenvalue weighted by Gasteiger charge is 2.18. The Labute approximate surface area is 122 Å². The molecule has 0 bridgehead atoms. The van der Waals surface area contributed by atoms with Crippen molar-refractivity contribution in [2.24, 2.45) is 0 Å². The van der Waals surface area contributed by atoms with Crippen LogP contribution in [0.15, 0.2) is 16.7 Å². The first kappa shape index (κ1) is 14.6. The van der Waals surface area contributed by atoms with Crippen molar-refractivity contribution >= 4 is 21.8 Å². The van der Waals surface area contributed by atoms with Crippen LogP contribution in [0.3, 0.4) is 0 Å². The van der Waals surface area contributed by atoms with E-state index in [9.17, 15) is 4.79 Å². The van der Waals surface area contributed by atoms with E-state index in [0.717, 1.165) is 23.9 Å². The minimum Gasteiger partial charge on any atom is -0.376 e. The average molecular weight is 329 g/mol. The minimum atomic E-state index is -0.0337. The molecule has 1 unspecified atom stereocenters. The van der Waals surface area contributed by atoms with Gasteiger partial charge in [-0.15, -0.1) is 0 Å². The van der Waals surface area contributed by atoms with Crippen molar-refractivity contribution in [2.75, 3.05) is 13.2 Å². The molecule has 106 valence electrons. The Morgan fingerprint density at radius 3 is 3.00 bits per heavy atom. The van der Waals surface area contributed by atoms with Crippen LogP contribution in [0.5, 0.6) is 0 Å². The summed E-state index contributed by atoms with van der Waals surface area (Å²) in [5, 5.41) is 2.97. The Hall–Kier alpha value is -0.810. The normalized spacial score (nSPS) is 19.7. The Balaban J connectivity index is 1.95. The standard InChI is InChI=1S/C14H21BrN2O2/c1-10(2)17-9-11(15)7-13(17)14(18)16-8-12-5-3-4-6-19-12/h7,9-10,12H,3-6,8H2,1-2H3,(H,16,18). The van der Waals surface area contributed by atoms with Gasteiger partial charge in [-0.25, -0.2) is 0 Å². The zero-order valence-corrected chi connectivity index (χ0v) is 13.1. The third-order valence-corrected chi connectivity index (χ3v) is 3.80. The summed E-state index contributed by atoms with van der Waals surface area (Å²) in [6, 6.07) is 2.12. The summed E-state index contributed by atoms with van der Waals surface area (Å²) >= 11 is 3.42. The van der Waals surface area contributed by atoms with Gasteiger partial charge in [0.1, 0.15) is 5.69 Å². The Morgan fingerprint density at radius 1 is 1.58 bits per heavy atom. The van der Waals surface area contributed by atoms with E-state index in [1.165, 1.54) is 6.42 Å². The molecular formula is C14H21BrN2O2. The third-order valence-electron chi connectivity index (χ3n) is 3.37. The second kappa shape index (κ2) is 6.57. The van der Waals surface area contributed by atoms with E-state index in [0.29, 0.717) is 12.2 Å². The Bertz CT molecular complexity index is 437.